The Bertz CT molecular complexity index is 967. The lowest BCUT2D eigenvalue weighted by Gasteiger charge is -2.16. The molecule has 3 rings (SSSR count). The first-order valence-corrected chi connectivity index (χ1v) is 8.86. The van der Waals surface area contributed by atoms with E-state index in [0.29, 0.717) is 22.0 Å². The fourth-order valence-electron chi connectivity index (χ4n) is 2.33. The maximum atomic E-state index is 12.0. The van der Waals surface area contributed by atoms with E-state index in [2.05, 4.69) is 16.0 Å². The Hall–Kier alpha value is -3.23. The monoisotopic (exact) mass is 415 g/mol. The second-order valence-electron chi connectivity index (χ2n) is 5.68. The first-order valence-electron chi connectivity index (χ1n) is 8.08. The predicted molar refractivity (Wildman–Crippen MR) is 109 cm³/mol. The molecule has 1 saturated heterocycles. The third-order valence-corrected chi connectivity index (χ3v) is 4.19. The van der Waals surface area contributed by atoms with Crippen molar-refractivity contribution in [2.45, 2.75) is 0 Å². The van der Waals surface area contributed by atoms with E-state index in [-0.39, 0.29) is 23.2 Å². The Labute approximate surface area is 170 Å². The smallest absolute Gasteiger partial charge is 0.263 e. The number of nitrogens with one attached hydrogen (secondary N) is 3. The van der Waals surface area contributed by atoms with E-state index in [1.807, 2.05) is 0 Å². The van der Waals surface area contributed by atoms with E-state index in [4.69, 9.17) is 28.6 Å². The summed E-state index contributed by atoms with van der Waals surface area (Å²) in [5, 5.41) is 7.79. The first kappa shape index (κ1) is 19.5. The summed E-state index contributed by atoms with van der Waals surface area (Å²) in [5.41, 5.74) is 1.06. The number of para-hydroxylation sites is 1. The fourth-order valence-corrected chi connectivity index (χ4v) is 2.70. The van der Waals surface area contributed by atoms with E-state index in [1.54, 1.807) is 48.5 Å². The molecule has 0 saturated carbocycles. The molecule has 0 spiro atoms. The van der Waals surface area contributed by atoms with Gasteiger partial charge in [-0.2, -0.15) is 0 Å². The number of benzene rings is 2. The molecule has 7 nitrogen and oxygen atoms in total. The number of rotatable bonds is 5. The average Bonchev–Trinajstić information content (AvgIpc) is 2.66. The van der Waals surface area contributed by atoms with Crippen LogP contribution in [0.4, 0.5) is 5.69 Å². The number of amides is 3. The van der Waals surface area contributed by atoms with Crippen molar-refractivity contribution in [2.24, 2.45) is 0 Å². The molecule has 3 amide bonds. The van der Waals surface area contributed by atoms with Gasteiger partial charge in [-0.15, -0.1) is 0 Å². The molecule has 0 unspecified atom stereocenters. The normalized spacial score (nSPS) is 13.5. The van der Waals surface area contributed by atoms with Crippen LogP contribution in [0.2, 0.25) is 5.02 Å². The van der Waals surface area contributed by atoms with Crippen molar-refractivity contribution in [2.75, 3.05) is 11.9 Å². The van der Waals surface area contributed by atoms with Crippen LogP contribution < -0.4 is 20.7 Å². The highest BCUT2D eigenvalue weighted by atomic mass is 35.5. The molecule has 142 valence electrons. The van der Waals surface area contributed by atoms with E-state index in [0.717, 1.165) is 0 Å². The van der Waals surface area contributed by atoms with Crippen molar-refractivity contribution in [3.8, 4) is 5.75 Å². The number of anilines is 1. The Morgan fingerprint density at radius 1 is 1.07 bits per heavy atom. The van der Waals surface area contributed by atoms with Gasteiger partial charge >= 0.3 is 0 Å². The molecule has 2 aromatic rings. The van der Waals surface area contributed by atoms with Gasteiger partial charge in [-0.1, -0.05) is 35.9 Å². The van der Waals surface area contributed by atoms with Gasteiger partial charge in [0, 0.05) is 0 Å². The second kappa shape index (κ2) is 8.64. The van der Waals surface area contributed by atoms with Crippen LogP contribution in [0, 0.1) is 0 Å². The van der Waals surface area contributed by atoms with Gasteiger partial charge in [-0.25, -0.2) is 0 Å². The maximum absolute atomic E-state index is 12.0. The van der Waals surface area contributed by atoms with E-state index in [9.17, 15) is 14.4 Å². The van der Waals surface area contributed by atoms with Crippen molar-refractivity contribution < 1.29 is 19.1 Å². The topological polar surface area (TPSA) is 96.5 Å². The van der Waals surface area contributed by atoms with Crippen molar-refractivity contribution >= 4 is 58.4 Å². The standard InChI is InChI=1S/C19H14ClN3O4S/c20-14-3-1-2-4-15(14)21-16(24)10-27-12-7-5-11(6-8-12)9-13-17(25)22-19(28)23-18(13)26/h1-9H,10H2,(H,21,24)(H2,22,23,25,26,28). The molecule has 0 aromatic heterocycles. The number of carbonyl (C=O) groups excluding carboxylic acids is 3. The van der Waals surface area contributed by atoms with Gasteiger partial charge in [-0.3, -0.25) is 25.0 Å². The number of carbonyl (C=O) groups is 3. The summed E-state index contributed by atoms with van der Waals surface area (Å²) in [5.74, 6) is -1.03. The number of halogens is 1. The van der Waals surface area contributed by atoms with Crippen LogP contribution in [0.5, 0.6) is 5.75 Å². The summed E-state index contributed by atoms with van der Waals surface area (Å²) >= 11 is 10.7. The molecule has 2 aromatic carbocycles. The SMILES string of the molecule is O=C(COc1ccc(C=C2C(=O)NC(=S)NC2=O)cc1)Nc1ccccc1Cl. The Morgan fingerprint density at radius 3 is 2.36 bits per heavy atom. The molecule has 0 aliphatic carbocycles. The van der Waals surface area contributed by atoms with Gasteiger partial charge < -0.3 is 10.1 Å². The minimum atomic E-state index is -0.565. The number of ether oxygens (including phenoxy) is 1. The van der Waals surface area contributed by atoms with Crippen LogP contribution in [-0.4, -0.2) is 29.4 Å². The minimum absolute atomic E-state index is 0.0223. The lowest BCUT2D eigenvalue weighted by atomic mass is 10.1. The molecule has 1 heterocycles. The molecule has 1 aliphatic heterocycles. The maximum Gasteiger partial charge on any atom is 0.263 e. The molecule has 28 heavy (non-hydrogen) atoms. The summed E-state index contributed by atoms with van der Waals surface area (Å²) < 4.78 is 5.43. The predicted octanol–water partition coefficient (Wildman–Crippen LogP) is 2.27. The largest absolute Gasteiger partial charge is 0.484 e. The van der Waals surface area contributed by atoms with E-state index >= 15 is 0 Å². The summed E-state index contributed by atoms with van der Waals surface area (Å²) in [6.07, 6.45) is 1.43. The Morgan fingerprint density at radius 2 is 1.71 bits per heavy atom. The molecule has 3 N–H and O–H groups in total. The van der Waals surface area contributed by atoms with Crippen molar-refractivity contribution in [1.29, 1.82) is 0 Å². The van der Waals surface area contributed by atoms with Crippen LogP contribution in [0.25, 0.3) is 6.08 Å². The summed E-state index contributed by atoms with van der Waals surface area (Å²) in [7, 11) is 0. The third kappa shape index (κ3) is 4.93. The molecular weight excluding hydrogens is 402 g/mol. The van der Waals surface area contributed by atoms with Crippen LogP contribution >= 0.6 is 23.8 Å². The molecule has 0 bridgehead atoms. The zero-order valence-electron chi connectivity index (χ0n) is 14.3. The average molecular weight is 416 g/mol. The molecule has 0 atom stereocenters. The van der Waals surface area contributed by atoms with E-state index < -0.39 is 11.8 Å². The van der Waals surface area contributed by atoms with Gasteiger partial charge in [0.15, 0.2) is 11.7 Å². The summed E-state index contributed by atoms with van der Waals surface area (Å²) in [6.45, 7) is -0.200. The Balaban J connectivity index is 1.59. The molecule has 1 aliphatic rings. The second-order valence-corrected chi connectivity index (χ2v) is 6.50. The molecule has 9 heteroatoms. The van der Waals surface area contributed by atoms with Gasteiger partial charge in [0.1, 0.15) is 11.3 Å². The van der Waals surface area contributed by atoms with Crippen molar-refractivity contribution in [3.63, 3.8) is 0 Å². The highest BCUT2D eigenvalue weighted by molar-refractivity contribution is 7.80. The van der Waals surface area contributed by atoms with E-state index in [1.165, 1.54) is 6.08 Å². The minimum Gasteiger partial charge on any atom is -0.484 e. The zero-order valence-corrected chi connectivity index (χ0v) is 15.9. The third-order valence-electron chi connectivity index (χ3n) is 3.65. The van der Waals surface area contributed by atoms with Crippen LogP contribution in [0.1, 0.15) is 5.56 Å². The first-order chi connectivity index (χ1) is 13.4. The summed E-state index contributed by atoms with van der Waals surface area (Å²) in [6, 6.07) is 13.4. The van der Waals surface area contributed by atoms with Gasteiger partial charge in [0.05, 0.1) is 10.7 Å². The molecule has 1 fully saturated rings. The highest BCUT2D eigenvalue weighted by Gasteiger charge is 2.25. The van der Waals surface area contributed by atoms with Gasteiger partial charge in [0.25, 0.3) is 17.7 Å². The van der Waals surface area contributed by atoms with Crippen molar-refractivity contribution in [1.82, 2.24) is 10.6 Å². The van der Waals surface area contributed by atoms with Gasteiger partial charge in [0.2, 0.25) is 0 Å². The lowest BCUT2D eigenvalue weighted by Crippen LogP contribution is -2.51. The lowest BCUT2D eigenvalue weighted by molar-refractivity contribution is -0.123. The fraction of sp³-hybridized carbons (Fsp3) is 0.0526. The summed E-state index contributed by atoms with van der Waals surface area (Å²) in [4.78, 5) is 35.6. The van der Waals surface area contributed by atoms with Gasteiger partial charge in [-0.05, 0) is 48.1 Å². The zero-order chi connectivity index (χ0) is 20.1. The number of thiocarbonyl (C=S) groups is 1. The Kier molecular flexibility index (Phi) is 6.03. The van der Waals surface area contributed by atoms with Crippen molar-refractivity contribution in [3.05, 3.63) is 64.7 Å². The number of hydrogen-bond acceptors (Lipinski definition) is 5. The number of hydrogen-bond donors (Lipinski definition) is 3. The highest BCUT2D eigenvalue weighted by Crippen LogP contribution is 2.20. The van der Waals surface area contributed by atoms with Crippen LogP contribution in [-0.2, 0) is 14.4 Å². The molecule has 0 radical (unpaired) electrons. The van der Waals surface area contributed by atoms with Crippen LogP contribution in [0.15, 0.2) is 54.1 Å². The quantitative estimate of drug-likeness (QED) is 0.395. The molecular formula is C19H14ClN3O4S. The van der Waals surface area contributed by atoms with Crippen LogP contribution in [0.3, 0.4) is 0 Å².